The molecular weight excluding hydrogens is 348 g/mol. The molecule has 0 aliphatic rings. The number of benzene rings is 1. The lowest BCUT2D eigenvalue weighted by Gasteiger charge is -2.12. The molecule has 1 aromatic heterocycles. The Bertz CT molecular complexity index is 905. The van der Waals surface area contributed by atoms with Crippen LogP contribution in [0, 0.1) is 20.8 Å². The number of anilines is 1. The van der Waals surface area contributed by atoms with Gasteiger partial charge in [-0.1, -0.05) is 6.07 Å². The Balaban J connectivity index is 1.86. The van der Waals surface area contributed by atoms with Crippen molar-refractivity contribution >= 4 is 17.5 Å². The molecule has 0 fully saturated rings. The first-order chi connectivity index (χ1) is 12.8. The Kier molecular flexibility index (Phi) is 6.70. The summed E-state index contributed by atoms with van der Waals surface area (Å²) in [5.74, 6) is -0.146. The van der Waals surface area contributed by atoms with Crippen molar-refractivity contribution in [2.75, 3.05) is 19.0 Å². The Morgan fingerprint density at radius 1 is 1.15 bits per heavy atom. The lowest BCUT2D eigenvalue weighted by Crippen LogP contribution is -2.34. The molecule has 8 nitrogen and oxygen atoms in total. The molecule has 0 radical (unpaired) electrons. The molecule has 2 amide bonds. The van der Waals surface area contributed by atoms with Gasteiger partial charge in [-0.3, -0.25) is 14.2 Å². The SMILES string of the molecule is COc1ccc(C)cc1NC(=O)CNC(=O)CCn1c(C)cc(C)nc1=O. The summed E-state index contributed by atoms with van der Waals surface area (Å²) in [5.41, 5.74) is 2.52. The molecule has 0 saturated carbocycles. The number of ether oxygens (including phenoxy) is 1. The van der Waals surface area contributed by atoms with Gasteiger partial charge in [0.25, 0.3) is 0 Å². The van der Waals surface area contributed by atoms with Crippen LogP contribution in [0.4, 0.5) is 5.69 Å². The zero-order chi connectivity index (χ0) is 20.0. The van der Waals surface area contributed by atoms with Crippen molar-refractivity contribution in [1.29, 1.82) is 0 Å². The molecule has 0 unspecified atom stereocenters. The van der Waals surface area contributed by atoms with Crippen LogP contribution in [0.3, 0.4) is 0 Å². The van der Waals surface area contributed by atoms with Crippen molar-refractivity contribution in [2.45, 2.75) is 33.7 Å². The van der Waals surface area contributed by atoms with Crippen molar-refractivity contribution in [3.05, 3.63) is 51.7 Å². The van der Waals surface area contributed by atoms with Crippen LogP contribution in [0.5, 0.6) is 5.75 Å². The average Bonchev–Trinajstić information content (AvgIpc) is 2.59. The van der Waals surface area contributed by atoms with Gasteiger partial charge < -0.3 is 15.4 Å². The van der Waals surface area contributed by atoms with E-state index >= 15 is 0 Å². The van der Waals surface area contributed by atoms with Crippen LogP contribution in [0.15, 0.2) is 29.1 Å². The first-order valence-electron chi connectivity index (χ1n) is 8.56. The highest BCUT2D eigenvalue weighted by molar-refractivity contribution is 5.95. The van der Waals surface area contributed by atoms with Crippen molar-refractivity contribution in [3.63, 3.8) is 0 Å². The van der Waals surface area contributed by atoms with Crippen molar-refractivity contribution in [2.24, 2.45) is 0 Å². The third kappa shape index (κ3) is 5.67. The van der Waals surface area contributed by atoms with Crippen molar-refractivity contribution in [1.82, 2.24) is 14.9 Å². The molecule has 2 rings (SSSR count). The maximum absolute atomic E-state index is 12.1. The molecule has 0 saturated heterocycles. The Labute approximate surface area is 157 Å². The summed E-state index contributed by atoms with van der Waals surface area (Å²) in [6.45, 7) is 5.47. The lowest BCUT2D eigenvalue weighted by atomic mass is 10.2. The minimum Gasteiger partial charge on any atom is -0.495 e. The predicted octanol–water partition coefficient (Wildman–Crippen LogP) is 1.32. The second-order valence-corrected chi connectivity index (χ2v) is 6.25. The van der Waals surface area contributed by atoms with E-state index in [1.54, 1.807) is 32.0 Å². The van der Waals surface area contributed by atoms with Crippen LogP contribution in [0.1, 0.15) is 23.4 Å². The highest BCUT2D eigenvalue weighted by Crippen LogP contribution is 2.24. The van der Waals surface area contributed by atoms with Crippen molar-refractivity contribution in [3.8, 4) is 5.75 Å². The van der Waals surface area contributed by atoms with Gasteiger partial charge >= 0.3 is 5.69 Å². The highest BCUT2D eigenvalue weighted by Gasteiger charge is 2.11. The number of hydrogen-bond acceptors (Lipinski definition) is 5. The molecule has 1 aromatic carbocycles. The second-order valence-electron chi connectivity index (χ2n) is 6.25. The molecule has 27 heavy (non-hydrogen) atoms. The van der Waals surface area contributed by atoms with Gasteiger partial charge in [0, 0.05) is 24.4 Å². The molecular formula is C19H24N4O4. The van der Waals surface area contributed by atoms with E-state index in [1.165, 1.54) is 11.7 Å². The molecule has 1 heterocycles. The monoisotopic (exact) mass is 372 g/mol. The summed E-state index contributed by atoms with van der Waals surface area (Å²) in [4.78, 5) is 39.8. The number of rotatable bonds is 7. The van der Waals surface area contributed by atoms with E-state index in [4.69, 9.17) is 4.74 Å². The van der Waals surface area contributed by atoms with E-state index in [-0.39, 0.29) is 37.0 Å². The average molecular weight is 372 g/mol. The number of nitrogens with one attached hydrogen (secondary N) is 2. The molecule has 0 spiro atoms. The molecule has 8 heteroatoms. The number of aryl methyl sites for hydroxylation is 3. The molecule has 0 aliphatic carbocycles. The first-order valence-corrected chi connectivity index (χ1v) is 8.56. The lowest BCUT2D eigenvalue weighted by molar-refractivity contribution is -0.124. The minimum atomic E-state index is -0.385. The smallest absolute Gasteiger partial charge is 0.347 e. The molecule has 144 valence electrons. The maximum Gasteiger partial charge on any atom is 0.347 e. The van der Waals surface area contributed by atoms with Gasteiger partial charge in [0.2, 0.25) is 11.8 Å². The third-order valence-electron chi connectivity index (χ3n) is 3.98. The number of aromatic nitrogens is 2. The van der Waals surface area contributed by atoms with Gasteiger partial charge in [-0.05, 0) is 44.5 Å². The number of carbonyl (C=O) groups is 2. The van der Waals surface area contributed by atoms with Crippen LogP contribution < -0.4 is 21.1 Å². The van der Waals surface area contributed by atoms with E-state index in [9.17, 15) is 14.4 Å². The number of hydrogen-bond donors (Lipinski definition) is 2. The number of carbonyl (C=O) groups excluding carboxylic acids is 2. The molecule has 2 aromatic rings. The highest BCUT2D eigenvalue weighted by atomic mass is 16.5. The van der Waals surface area contributed by atoms with Gasteiger partial charge in [0.15, 0.2) is 0 Å². The van der Waals surface area contributed by atoms with Gasteiger partial charge in [-0.25, -0.2) is 4.79 Å². The normalized spacial score (nSPS) is 10.4. The summed E-state index contributed by atoms with van der Waals surface area (Å²) >= 11 is 0. The Morgan fingerprint density at radius 2 is 1.89 bits per heavy atom. The van der Waals surface area contributed by atoms with Crippen LogP contribution in [-0.2, 0) is 16.1 Å². The van der Waals surface area contributed by atoms with Crippen LogP contribution in [0.25, 0.3) is 0 Å². The summed E-state index contributed by atoms with van der Waals surface area (Å²) in [6, 6.07) is 7.21. The van der Waals surface area contributed by atoms with Crippen molar-refractivity contribution < 1.29 is 14.3 Å². The number of amides is 2. The third-order valence-corrected chi connectivity index (χ3v) is 3.98. The molecule has 0 atom stereocenters. The van der Waals surface area contributed by atoms with Crippen LogP contribution >= 0.6 is 0 Å². The molecule has 0 aliphatic heterocycles. The second kappa shape index (κ2) is 8.98. The largest absolute Gasteiger partial charge is 0.495 e. The summed E-state index contributed by atoms with van der Waals surface area (Å²) < 4.78 is 6.64. The fourth-order valence-corrected chi connectivity index (χ4v) is 2.64. The van der Waals surface area contributed by atoms with E-state index < -0.39 is 0 Å². The maximum atomic E-state index is 12.1. The topological polar surface area (TPSA) is 102 Å². The number of nitrogens with zero attached hydrogens (tertiary/aromatic N) is 2. The minimum absolute atomic E-state index is 0.0759. The Morgan fingerprint density at radius 3 is 2.56 bits per heavy atom. The molecule has 2 N–H and O–H groups in total. The first kappa shape index (κ1) is 20.2. The quantitative estimate of drug-likeness (QED) is 0.763. The number of methoxy groups -OCH3 is 1. The van der Waals surface area contributed by atoms with E-state index in [0.717, 1.165) is 11.3 Å². The van der Waals surface area contributed by atoms with Gasteiger partial charge in [-0.2, -0.15) is 4.98 Å². The summed E-state index contributed by atoms with van der Waals surface area (Å²) in [7, 11) is 1.52. The fraction of sp³-hybridized carbons (Fsp3) is 0.368. The standard InChI is InChI=1S/C19H24N4O4/c1-12-5-6-16(27-4)15(9-12)22-18(25)11-20-17(24)7-8-23-14(3)10-13(2)21-19(23)26/h5-6,9-10H,7-8,11H2,1-4H3,(H,20,24)(H,22,25). The van der Waals surface area contributed by atoms with E-state index in [2.05, 4.69) is 15.6 Å². The van der Waals surface area contributed by atoms with E-state index in [1.807, 2.05) is 13.0 Å². The zero-order valence-electron chi connectivity index (χ0n) is 16.0. The van der Waals surface area contributed by atoms with E-state index in [0.29, 0.717) is 17.1 Å². The van der Waals surface area contributed by atoms with Gasteiger partial charge in [-0.15, -0.1) is 0 Å². The van der Waals surface area contributed by atoms with Gasteiger partial charge in [0.05, 0.1) is 19.3 Å². The Hall–Kier alpha value is -3.16. The van der Waals surface area contributed by atoms with Crippen LogP contribution in [0.2, 0.25) is 0 Å². The van der Waals surface area contributed by atoms with Crippen LogP contribution in [-0.4, -0.2) is 35.0 Å². The summed E-state index contributed by atoms with van der Waals surface area (Å²) in [6.07, 6.45) is 0.0759. The summed E-state index contributed by atoms with van der Waals surface area (Å²) in [5, 5.41) is 5.26. The fourth-order valence-electron chi connectivity index (χ4n) is 2.64. The predicted molar refractivity (Wildman–Crippen MR) is 102 cm³/mol. The zero-order valence-corrected chi connectivity index (χ0v) is 16.0. The van der Waals surface area contributed by atoms with Gasteiger partial charge in [0.1, 0.15) is 5.75 Å². The molecule has 0 bridgehead atoms.